The average molecular weight is 463 g/mol. The molecule has 1 N–H and O–H groups in total. The highest BCUT2D eigenvalue weighted by molar-refractivity contribution is 6.31. The molecular formula is C24H31ClN2O5. The number of amides is 1. The lowest BCUT2D eigenvalue weighted by Crippen LogP contribution is -2.45. The predicted molar refractivity (Wildman–Crippen MR) is 124 cm³/mol. The topological polar surface area (TPSA) is 69.3 Å². The lowest BCUT2D eigenvalue weighted by molar-refractivity contribution is -0.127. The molecule has 0 aliphatic carbocycles. The highest BCUT2D eigenvalue weighted by atomic mass is 35.5. The summed E-state index contributed by atoms with van der Waals surface area (Å²) in [4.78, 5) is 15.1. The normalized spacial score (nSPS) is 16.2. The van der Waals surface area contributed by atoms with Crippen molar-refractivity contribution < 1.29 is 23.7 Å². The zero-order chi connectivity index (χ0) is 23.1. The fraction of sp³-hybridized carbons (Fsp3) is 0.458. The summed E-state index contributed by atoms with van der Waals surface area (Å²) in [5, 5.41) is 3.71. The van der Waals surface area contributed by atoms with Gasteiger partial charge in [-0.05, 0) is 55.3 Å². The first kappa shape index (κ1) is 24.2. The summed E-state index contributed by atoms with van der Waals surface area (Å²) in [5.74, 6) is 1.75. The number of hydrogen-bond acceptors (Lipinski definition) is 6. The average Bonchev–Trinajstić information content (AvgIpc) is 2.81. The monoisotopic (exact) mass is 462 g/mol. The van der Waals surface area contributed by atoms with Crippen molar-refractivity contribution in [1.29, 1.82) is 0 Å². The molecule has 3 rings (SSSR count). The van der Waals surface area contributed by atoms with Crippen LogP contribution in [0.2, 0.25) is 5.02 Å². The molecule has 0 aromatic heterocycles. The maximum absolute atomic E-state index is 12.8. The number of hydrogen-bond donors (Lipinski definition) is 1. The van der Waals surface area contributed by atoms with Crippen LogP contribution in [0.25, 0.3) is 0 Å². The SMILES string of the molecule is COc1ccc(C(CNC(=O)C(C)Oc2ccc(Cl)c(C)c2)N2CCOCC2)cc1OC. The van der Waals surface area contributed by atoms with Gasteiger partial charge >= 0.3 is 0 Å². The minimum absolute atomic E-state index is 0.0346. The molecule has 174 valence electrons. The molecule has 2 aromatic carbocycles. The zero-order valence-electron chi connectivity index (χ0n) is 19.0. The van der Waals surface area contributed by atoms with Crippen LogP contribution in [0.3, 0.4) is 0 Å². The van der Waals surface area contributed by atoms with Crippen molar-refractivity contribution in [2.45, 2.75) is 26.0 Å². The molecular weight excluding hydrogens is 432 g/mol. The lowest BCUT2D eigenvalue weighted by Gasteiger charge is -2.35. The van der Waals surface area contributed by atoms with Crippen LogP contribution in [0.5, 0.6) is 17.2 Å². The van der Waals surface area contributed by atoms with Gasteiger partial charge in [0.2, 0.25) is 0 Å². The Bertz CT molecular complexity index is 917. The molecule has 2 atom stereocenters. The van der Waals surface area contributed by atoms with E-state index < -0.39 is 6.10 Å². The van der Waals surface area contributed by atoms with Crippen LogP contribution in [0.4, 0.5) is 0 Å². The third-order valence-electron chi connectivity index (χ3n) is 5.56. The zero-order valence-corrected chi connectivity index (χ0v) is 19.8. The first-order chi connectivity index (χ1) is 15.4. The van der Waals surface area contributed by atoms with Crippen molar-refractivity contribution in [3.8, 4) is 17.2 Å². The van der Waals surface area contributed by atoms with E-state index in [9.17, 15) is 4.79 Å². The Hall–Kier alpha value is -2.48. The van der Waals surface area contributed by atoms with Gasteiger partial charge in [0.1, 0.15) is 5.75 Å². The van der Waals surface area contributed by atoms with Crippen LogP contribution in [0.15, 0.2) is 36.4 Å². The number of aryl methyl sites for hydroxylation is 1. The van der Waals surface area contributed by atoms with Crippen LogP contribution in [-0.2, 0) is 9.53 Å². The summed E-state index contributed by atoms with van der Waals surface area (Å²) < 4.78 is 22.2. The van der Waals surface area contributed by atoms with Crippen molar-refractivity contribution in [2.24, 2.45) is 0 Å². The van der Waals surface area contributed by atoms with E-state index in [0.717, 1.165) is 24.2 Å². The van der Waals surface area contributed by atoms with Gasteiger partial charge in [-0.3, -0.25) is 9.69 Å². The Labute approximate surface area is 194 Å². The predicted octanol–water partition coefficient (Wildman–Crippen LogP) is 3.62. The molecule has 1 aliphatic rings. The number of halogens is 1. The van der Waals surface area contributed by atoms with Crippen LogP contribution >= 0.6 is 11.6 Å². The number of carbonyl (C=O) groups excluding carboxylic acids is 1. The van der Waals surface area contributed by atoms with Gasteiger partial charge < -0.3 is 24.3 Å². The second-order valence-corrected chi connectivity index (χ2v) is 8.10. The van der Waals surface area contributed by atoms with Gasteiger partial charge in [0, 0.05) is 24.7 Å². The molecule has 7 nitrogen and oxygen atoms in total. The highest BCUT2D eigenvalue weighted by Crippen LogP contribution is 2.32. The summed E-state index contributed by atoms with van der Waals surface area (Å²) in [6.45, 7) is 6.95. The maximum Gasteiger partial charge on any atom is 0.260 e. The van der Waals surface area contributed by atoms with Crippen LogP contribution in [0, 0.1) is 6.92 Å². The number of rotatable bonds is 9. The second kappa shape index (κ2) is 11.4. The molecule has 8 heteroatoms. The largest absolute Gasteiger partial charge is 0.493 e. The van der Waals surface area contributed by atoms with Gasteiger partial charge in [-0.25, -0.2) is 0 Å². The first-order valence-corrected chi connectivity index (χ1v) is 11.0. The van der Waals surface area contributed by atoms with E-state index >= 15 is 0 Å². The summed E-state index contributed by atoms with van der Waals surface area (Å²) in [6.07, 6.45) is -0.647. The van der Waals surface area contributed by atoms with Crippen molar-refractivity contribution >= 4 is 17.5 Å². The Morgan fingerprint density at radius 1 is 1.12 bits per heavy atom. The fourth-order valence-corrected chi connectivity index (χ4v) is 3.81. The van der Waals surface area contributed by atoms with E-state index in [1.54, 1.807) is 33.3 Å². The number of ether oxygens (including phenoxy) is 4. The molecule has 1 aliphatic heterocycles. The van der Waals surface area contributed by atoms with Crippen LogP contribution in [0.1, 0.15) is 24.1 Å². The Morgan fingerprint density at radius 2 is 1.84 bits per heavy atom. The molecule has 0 radical (unpaired) electrons. The van der Waals surface area contributed by atoms with E-state index in [1.807, 2.05) is 31.2 Å². The van der Waals surface area contributed by atoms with Crippen molar-refractivity contribution in [2.75, 3.05) is 47.1 Å². The number of nitrogens with zero attached hydrogens (tertiary/aromatic N) is 1. The minimum Gasteiger partial charge on any atom is -0.493 e. The molecule has 1 heterocycles. The number of benzene rings is 2. The summed E-state index contributed by atoms with van der Waals surface area (Å²) >= 11 is 6.07. The second-order valence-electron chi connectivity index (χ2n) is 7.69. The third-order valence-corrected chi connectivity index (χ3v) is 5.98. The third kappa shape index (κ3) is 6.06. The molecule has 2 aromatic rings. The van der Waals surface area contributed by atoms with Gasteiger partial charge in [0.15, 0.2) is 17.6 Å². The standard InChI is InChI=1S/C24H31ClN2O5/c1-16-13-19(6-7-20(16)25)32-17(2)24(28)26-15-21(27-9-11-31-12-10-27)18-5-8-22(29-3)23(14-18)30-4/h5-8,13-14,17,21H,9-12,15H2,1-4H3,(H,26,28). The van der Waals surface area contributed by atoms with Gasteiger partial charge in [0.05, 0.1) is 33.5 Å². The molecule has 0 bridgehead atoms. The van der Waals surface area contributed by atoms with Crippen molar-refractivity contribution in [3.63, 3.8) is 0 Å². The molecule has 0 spiro atoms. The maximum atomic E-state index is 12.8. The smallest absolute Gasteiger partial charge is 0.260 e. The Balaban J connectivity index is 1.70. The van der Waals surface area contributed by atoms with Crippen molar-refractivity contribution in [3.05, 3.63) is 52.5 Å². The molecule has 0 saturated carbocycles. The first-order valence-electron chi connectivity index (χ1n) is 10.7. The van der Waals surface area contributed by atoms with Crippen LogP contribution < -0.4 is 19.5 Å². The molecule has 32 heavy (non-hydrogen) atoms. The number of morpholine rings is 1. The number of methoxy groups -OCH3 is 2. The van der Waals surface area contributed by atoms with Gasteiger partial charge in [0.25, 0.3) is 5.91 Å². The molecule has 1 saturated heterocycles. The molecule has 1 fully saturated rings. The highest BCUT2D eigenvalue weighted by Gasteiger charge is 2.25. The molecule has 1 amide bonds. The minimum atomic E-state index is -0.647. The summed E-state index contributed by atoms with van der Waals surface area (Å²) in [5.41, 5.74) is 1.93. The number of carbonyl (C=O) groups is 1. The fourth-order valence-electron chi connectivity index (χ4n) is 3.70. The Kier molecular flexibility index (Phi) is 8.61. The summed E-state index contributed by atoms with van der Waals surface area (Å²) in [7, 11) is 3.23. The summed E-state index contributed by atoms with van der Waals surface area (Å²) in [6, 6.07) is 11.2. The lowest BCUT2D eigenvalue weighted by atomic mass is 10.0. The van der Waals surface area contributed by atoms with Gasteiger partial charge in [-0.2, -0.15) is 0 Å². The quantitative estimate of drug-likeness (QED) is 0.613. The van der Waals surface area contributed by atoms with E-state index in [0.29, 0.717) is 42.0 Å². The Morgan fingerprint density at radius 3 is 2.50 bits per heavy atom. The van der Waals surface area contributed by atoms with E-state index in [-0.39, 0.29) is 11.9 Å². The van der Waals surface area contributed by atoms with Crippen LogP contribution in [-0.4, -0.2) is 64.0 Å². The van der Waals surface area contributed by atoms with E-state index in [1.165, 1.54) is 0 Å². The van der Waals surface area contributed by atoms with E-state index in [4.69, 9.17) is 30.5 Å². The van der Waals surface area contributed by atoms with Gasteiger partial charge in [-0.15, -0.1) is 0 Å². The van der Waals surface area contributed by atoms with Gasteiger partial charge in [-0.1, -0.05) is 17.7 Å². The van der Waals surface area contributed by atoms with E-state index in [2.05, 4.69) is 10.2 Å². The van der Waals surface area contributed by atoms with Crippen molar-refractivity contribution in [1.82, 2.24) is 10.2 Å². The number of nitrogens with one attached hydrogen (secondary N) is 1. The molecule has 2 unspecified atom stereocenters.